The van der Waals surface area contributed by atoms with Crippen molar-refractivity contribution in [2.45, 2.75) is 31.2 Å². The molecule has 173 valence electrons. The molecule has 3 rings (SSSR count). The average Bonchev–Trinajstić information content (AvgIpc) is 2.80. The number of nitrogens with one attached hydrogen (secondary N) is 1. The molecular weight excluding hydrogens is 443 g/mol. The first kappa shape index (κ1) is 24.4. The van der Waals surface area contributed by atoms with Crippen molar-refractivity contribution in [1.29, 1.82) is 0 Å². The van der Waals surface area contributed by atoms with Gasteiger partial charge in [-0.05, 0) is 42.8 Å². The Morgan fingerprint density at radius 1 is 1.03 bits per heavy atom. The van der Waals surface area contributed by atoms with Crippen LogP contribution in [0, 0.1) is 5.92 Å². The molecule has 0 saturated carbocycles. The first-order valence-corrected chi connectivity index (χ1v) is 12.3. The first-order chi connectivity index (χ1) is 15.7. The highest BCUT2D eigenvalue weighted by Gasteiger charge is 2.30. The molecule has 1 N–H and O–H groups in total. The van der Waals surface area contributed by atoms with Crippen LogP contribution in [-0.2, 0) is 25.8 Å². The number of rotatable bonds is 8. The molecule has 1 aliphatic carbocycles. The highest BCUT2D eigenvalue weighted by Crippen LogP contribution is 2.27. The maximum atomic E-state index is 14.7. The molecule has 0 spiro atoms. The van der Waals surface area contributed by atoms with E-state index in [1.807, 2.05) is 13.0 Å². The van der Waals surface area contributed by atoms with Crippen LogP contribution in [0.4, 0.5) is 10.1 Å². The molecule has 0 aliphatic heterocycles. The predicted molar refractivity (Wildman–Crippen MR) is 126 cm³/mol. The Morgan fingerprint density at radius 3 is 2.27 bits per heavy atom. The van der Waals surface area contributed by atoms with E-state index in [-0.39, 0.29) is 28.9 Å². The molecule has 6 nitrogen and oxygen atoms in total. The number of nitrogens with zero attached hydrogens (tertiary/aromatic N) is 1. The highest BCUT2D eigenvalue weighted by atomic mass is 32.2. The molecule has 2 aromatic carbocycles. The Labute approximate surface area is 193 Å². The number of carbonyl (C=O) groups is 2. The number of hydrogen-bond acceptors (Lipinski definition) is 4. The van der Waals surface area contributed by atoms with Crippen LogP contribution in [0.2, 0.25) is 0 Å². The van der Waals surface area contributed by atoms with Gasteiger partial charge in [0, 0.05) is 12.2 Å². The molecule has 2 amide bonds. The van der Waals surface area contributed by atoms with E-state index in [9.17, 15) is 22.4 Å². The number of benzene rings is 2. The van der Waals surface area contributed by atoms with Crippen molar-refractivity contribution in [3.05, 3.63) is 90.1 Å². The Balaban J connectivity index is 1.61. The van der Waals surface area contributed by atoms with Crippen molar-refractivity contribution in [3.8, 4) is 0 Å². The minimum atomic E-state index is -3.30. The van der Waals surface area contributed by atoms with E-state index in [1.165, 1.54) is 29.2 Å². The van der Waals surface area contributed by atoms with E-state index < -0.39 is 27.6 Å². The zero-order valence-corrected chi connectivity index (χ0v) is 19.3. The predicted octanol–water partition coefficient (Wildman–Crippen LogP) is 3.56. The average molecular weight is 470 g/mol. The van der Waals surface area contributed by atoms with Crippen LogP contribution < -0.4 is 10.2 Å². The maximum Gasteiger partial charge on any atom is 0.245 e. The molecule has 0 fully saturated rings. The van der Waals surface area contributed by atoms with E-state index in [0.717, 1.165) is 0 Å². The van der Waals surface area contributed by atoms with E-state index in [2.05, 4.69) is 5.32 Å². The lowest BCUT2D eigenvalue weighted by molar-refractivity contribution is -0.120. The quantitative estimate of drug-likeness (QED) is 0.641. The fourth-order valence-corrected chi connectivity index (χ4v) is 4.33. The summed E-state index contributed by atoms with van der Waals surface area (Å²) in [5, 5.41) is 2.69. The van der Waals surface area contributed by atoms with Crippen molar-refractivity contribution >= 4 is 27.3 Å². The molecule has 2 aromatic rings. The normalized spacial score (nSPS) is 16.2. The van der Waals surface area contributed by atoms with Gasteiger partial charge >= 0.3 is 0 Å². The van der Waals surface area contributed by atoms with Crippen molar-refractivity contribution in [1.82, 2.24) is 5.32 Å². The second-order valence-electron chi connectivity index (χ2n) is 7.49. The SMILES string of the molecule is CCN(C(=O)[C]1C=CC(NC(=O)Cc2ccc(S(=O)(=O)CC)cc2)C=C1F)c1ccccc1. The van der Waals surface area contributed by atoms with Crippen LogP contribution in [0.25, 0.3) is 0 Å². The molecule has 0 heterocycles. The molecule has 1 aliphatic rings. The van der Waals surface area contributed by atoms with Crippen LogP contribution in [0.5, 0.6) is 0 Å². The molecule has 33 heavy (non-hydrogen) atoms. The highest BCUT2D eigenvalue weighted by molar-refractivity contribution is 7.91. The molecular formula is C25H26FN2O4S. The van der Waals surface area contributed by atoms with Gasteiger partial charge in [-0.2, -0.15) is 0 Å². The van der Waals surface area contributed by atoms with Crippen LogP contribution in [0.3, 0.4) is 0 Å². The summed E-state index contributed by atoms with van der Waals surface area (Å²) in [6, 6.07) is 14.4. The largest absolute Gasteiger partial charge is 0.346 e. The summed E-state index contributed by atoms with van der Waals surface area (Å²) < 4.78 is 38.5. The van der Waals surface area contributed by atoms with Gasteiger partial charge in [-0.25, -0.2) is 12.8 Å². The van der Waals surface area contributed by atoms with Gasteiger partial charge in [0.2, 0.25) is 11.8 Å². The lowest BCUT2D eigenvalue weighted by Gasteiger charge is -2.26. The Bertz CT molecular complexity index is 1160. The second-order valence-corrected chi connectivity index (χ2v) is 9.77. The van der Waals surface area contributed by atoms with Crippen molar-refractivity contribution < 1.29 is 22.4 Å². The summed E-state index contributed by atoms with van der Waals surface area (Å²) >= 11 is 0. The van der Waals surface area contributed by atoms with E-state index >= 15 is 0 Å². The topological polar surface area (TPSA) is 83.6 Å². The Morgan fingerprint density at radius 2 is 1.70 bits per heavy atom. The van der Waals surface area contributed by atoms with Gasteiger partial charge in [0.1, 0.15) is 11.7 Å². The summed E-state index contributed by atoms with van der Waals surface area (Å²) in [6.07, 6.45) is 4.16. The fraction of sp³-hybridized carbons (Fsp3) is 0.240. The Kier molecular flexibility index (Phi) is 7.81. The van der Waals surface area contributed by atoms with Crippen molar-refractivity contribution in [3.63, 3.8) is 0 Å². The number of para-hydroxylation sites is 1. The molecule has 1 unspecified atom stereocenters. The molecule has 0 aromatic heterocycles. The van der Waals surface area contributed by atoms with Gasteiger partial charge in [0.05, 0.1) is 23.1 Å². The number of hydrogen-bond donors (Lipinski definition) is 1. The van der Waals surface area contributed by atoms with Gasteiger partial charge in [-0.15, -0.1) is 0 Å². The summed E-state index contributed by atoms with van der Waals surface area (Å²) in [4.78, 5) is 26.9. The van der Waals surface area contributed by atoms with E-state index in [1.54, 1.807) is 49.4 Å². The van der Waals surface area contributed by atoms with Crippen molar-refractivity contribution in [2.24, 2.45) is 0 Å². The zero-order valence-electron chi connectivity index (χ0n) is 18.5. The second kappa shape index (κ2) is 10.6. The third kappa shape index (κ3) is 5.96. The molecule has 1 radical (unpaired) electrons. The van der Waals surface area contributed by atoms with Gasteiger partial charge in [-0.3, -0.25) is 9.59 Å². The number of amides is 2. The summed E-state index contributed by atoms with van der Waals surface area (Å²) in [5.41, 5.74) is 1.31. The number of halogens is 1. The van der Waals surface area contributed by atoms with E-state index in [0.29, 0.717) is 17.8 Å². The summed E-state index contributed by atoms with van der Waals surface area (Å²) in [6.45, 7) is 3.76. The zero-order chi connectivity index (χ0) is 24.0. The molecule has 0 saturated heterocycles. The van der Waals surface area contributed by atoms with Gasteiger partial charge in [0.25, 0.3) is 0 Å². The Hall–Kier alpha value is -3.26. The van der Waals surface area contributed by atoms with E-state index in [4.69, 9.17) is 0 Å². The van der Waals surface area contributed by atoms with Crippen LogP contribution in [0.1, 0.15) is 19.4 Å². The summed E-state index contributed by atoms with van der Waals surface area (Å²) in [7, 11) is -3.30. The first-order valence-electron chi connectivity index (χ1n) is 10.7. The lowest BCUT2D eigenvalue weighted by Crippen LogP contribution is -2.38. The standard InChI is InChI=1S/C25H26FN2O4S/c1-3-28(20-8-6-5-7-9-20)25(30)22-15-12-19(17-23(22)26)27-24(29)16-18-10-13-21(14-11-18)33(31,32)4-2/h5-15,17,19H,3-4,16H2,1-2H3,(H,27,29). The number of anilines is 1. The van der Waals surface area contributed by atoms with Gasteiger partial charge in [-0.1, -0.05) is 49.4 Å². The van der Waals surface area contributed by atoms with Crippen LogP contribution >= 0.6 is 0 Å². The van der Waals surface area contributed by atoms with Crippen LogP contribution in [0.15, 0.2) is 83.5 Å². The third-order valence-corrected chi connectivity index (χ3v) is 7.02. The third-order valence-electron chi connectivity index (χ3n) is 5.27. The molecule has 1 atom stereocenters. The monoisotopic (exact) mass is 469 g/mol. The van der Waals surface area contributed by atoms with Gasteiger partial charge in [0.15, 0.2) is 9.84 Å². The minimum Gasteiger partial charge on any atom is -0.346 e. The molecule has 8 heteroatoms. The maximum absolute atomic E-state index is 14.7. The minimum absolute atomic E-state index is 0.00161. The lowest BCUT2D eigenvalue weighted by atomic mass is 9.97. The molecule has 0 bridgehead atoms. The van der Waals surface area contributed by atoms with Crippen LogP contribution in [-0.4, -0.2) is 38.6 Å². The number of carbonyl (C=O) groups excluding carboxylic acids is 2. The smallest absolute Gasteiger partial charge is 0.245 e. The number of sulfone groups is 1. The summed E-state index contributed by atoms with van der Waals surface area (Å²) in [5.74, 6) is -1.58. The van der Waals surface area contributed by atoms with Crippen molar-refractivity contribution in [2.75, 3.05) is 17.2 Å². The fourth-order valence-electron chi connectivity index (χ4n) is 3.45. The van der Waals surface area contributed by atoms with Gasteiger partial charge < -0.3 is 10.2 Å².